The number of ether oxygens (including phenoxy) is 1. The van der Waals surface area contributed by atoms with Crippen LogP contribution in [0.2, 0.25) is 0 Å². The topological polar surface area (TPSA) is 55.6 Å². The third-order valence-electron chi connectivity index (χ3n) is 3.33. The van der Waals surface area contributed by atoms with Gasteiger partial charge in [0.15, 0.2) is 0 Å². The summed E-state index contributed by atoms with van der Waals surface area (Å²) in [4.78, 5) is 14.3. The summed E-state index contributed by atoms with van der Waals surface area (Å²) >= 11 is 0. The summed E-state index contributed by atoms with van der Waals surface area (Å²) in [5.74, 6) is 0.0595. The summed E-state index contributed by atoms with van der Waals surface area (Å²) < 4.78 is 5.56. The van der Waals surface area contributed by atoms with Gasteiger partial charge in [-0.3, -0.25) is 4.79 Å². The lowest BCUT2D eigenvalue weighted by Crippen LogP contribution is -2.52. The largest absolute Gasteiger partial charge is 0.373 e. The molecule has 0 aliphatic carbocycles. The van der Waals surface area contributed by atoms with Crippen LogP contribution in [0.15, 0.2) is 24.3 Å². The fourth-order valence-corrected chi connectivity index (χ4v) is 2.10. The molecule has 1 aliphatic heterocycles. The van der Waals surface area contributed by atoms with E-state index in [-0.39, 0.29) is 18.1 Å². The third kappa shape index (κ3) is 2.71. The Morgan fingerprint density at radius 3 is 2.72 bits per heavy atom. The number of hydrogen-bond acceptors (Lipinski definition) is 3. The molecule has 0 spiro atoms. The van der Waals surface area contributed by atoms with E-state index in [2.05, 4.69) is 0 Å². The van der Waals surface area contributed by atoms with E-state index < -0.39 is 0 Å². The lowest BCUT2D eigenvalue weighted by atomic mass is 10.1. The van der Waals surface area contributed by atoms with E-state index in [9.17, 15) is 4.79 Å². The van der Waals surface area contributed by atoms with E-state index in [1.807, 2.05) is 43.0 Å². The first-order valence-electron chi connectivity index (χ1n) is 6.31. The second kappa shape index (κ2) is 5.50. The quantitative estimate of drug-likeness (QED) is 0.855. The van der Waals surface area contributed by atoms with Gasteiger partial charge in [0.25, 0.3) is 5.91 Å². The second-order valence-corrected chi connectivity index (χ2v) is 4.86. The molecule has 0 aromatic heterocycles. The highest BCUT2D eigenvalue weighted by Gasteiger charge is 2.29. The first-order chi connectivity index (χ1) is 8.61. The Bertz CT molecular complexity index is 416. The van der Waals surface area contributed by atoms with E-state index in [1.54, 1.807) is 0 Å². The lowest BCUT2D eigenvalue weighted by Gasteiger charge is -2.37. The zero-order chi connectivity index (χ0) is 13.1. The summed E-state index contributed by atoms with van der Waals surface area (Å²) in [5.41, 5.74) is 7.49. The molecule has 4 nitrogen and oxygen atoms in total. The van der Waals surface area contributed by atoms with Gasteiger partial charge in [-0.1, -0.05) is 17.7 Å². The highest BCUT2D eigenvalue weighted by molar-refractivity contribution is 5.94. The molecule has 2 atom stereocenters. The zero-order valence-electron chi connectivity index (χ0n) is 10.9. The van der Waals surface area contributed by atoms with Gasteiger partial charge in [0.1, 0.15) is 0 Å². The molecule has 1 fully saturated rings. The van der Waals surface area contributed by atoms with Crippen LogP contribution in [0.3, 0.4) is 0 Å². The number of carbonyl (C=O) groups is 1. The number of rotatable bonds is 2. The van der Waals surface area contributed by atoms with Gasteiger partial charge in [-0.05, 0) is 26.0 Å². The van der Waals surface area contributed by atoms with Gasteiger partial charge >= 0.3 is 0 Å². The number of morpholine rings is 1. The van der Waals surface area contributed by atoms with Crippen molar-refractivity contribution in [3.05, 3.63) is 35.4 Å². The Kier molecular flexibility index (Phi) is 3.99. The average Bonchev–Trinajstić information content (AvgIpc) is 2.39. The smallest absolute Gasteiger partial charge is 0.254 e. The van der Waals surface area contributed by atoms with Crippen molar-refractivity contribution in [1.82, 2.24) is 4.90 Å². The molecule has 18 heavy (non-hydrogen) atoms. The maximum Gasteiger partial charge on any atom is 0.254 e. The van der Waals surface area contributed by atoms with Crippen molar-refractivity contribution in [3.63, 3.8) is 0 Å². The lowest BCUT2D eigenvalue weighted by molar-refractivity contribution is -0.0426. The number of aryl methyl sites for hydroxylation is 1. The van der Waals surface area contributed by atoms with E-state index in [4.69, 9.17) is 10.5 Å². The third-order valence-corrected chi connectivity index (χ3v) is 3.33. The monoisotopic (exact) mass is 248 g/mol. The minimum Gasteiger partial charge on any atom is -0.373 e. The highest BCUT2D eigenvalue weighted by Crippen LogP contribution is 2.15. The van der Waals surface area contributed by atoms with Crippen LogP contribution >= 0.6 is 0 Å². The molecule has 1 amide bonds. The van der Waals surface area contributed by atoms with Crippen LogP contribution in [0, 0.1) is 6.92 Å². The number of nitrogens with two attached hydrogens (primary N) is 1. The van der Waals surface area contributed by atoms with Crippen LogP contribution in [-0.2, 0) is 4.74 Å². The van der Waals surface area contributed by atoms with E-state index in [1.165, 1.54) is 0 Å². The van der Waals surface area contributed by atoms with Crippen LogP contribution in [0.4, 0.5) is 0 Å². The van der Waals surface area contributed by atoms with Crippen LogP contribution in [0.1, 0.15) is 22.8 Å². The Labute approximate surface area is 108 Å². The van der Waals surface area contributed by atoms with Crippen molar-refractivity contribution in [3.8, 4) is 0 Å². The molecule has 0 radical (unpaired) electrons. The second-order valence-electron chi connectivity index (χ2n) is 4.86. The van der Waals surface area contributed by atoms with Gasteiger partial charge < -0.3 is 15.4 Å². The SMILES string of the molecule is Cc1ccc(C(=O)N2CC(CN)OCC2C)cc1. The fourth-order valence-electron chi connectivity index (χ4n) is 2.10. The number of benzene rings is 1. The van der Waals surface area contributed by atoms with Gasteiger partial charge in [0.05, 0.1) is 18.8 Å². The number of nitrogens with zero attached hydrogens (tertiary/aromatic N) is 1. The van der Waals surface area contributed by atoms with Crippen molar-refractivity contribution >= 4 is 5.91 Å². The molecule has 1 aromatic carbocycles. The van der Waals surface area contributed by atoms with Crippen LogP contribution < -0.4 is 5.73 Å². The Hall–Kier alpha value is -1.39. The molecule has 4 heteroatoms. The normalized spacial score (nSPS) is 24.1. The van der Waals surface area contributed by atoms with Crippen LogP contribution in [0.5, 0.6) is 0 Å². The molecule has 0 bridgehead atoms. The van der Waals surface area contributed by atoms with Crippen molar-refractivity contribution in [2.45, 2.75) is 26.0 Å². The standard InChI is InChI=1S/C14H20N2O2/c1-10-3-5-12(6-4-10)14(17)16-8-13(7-15)18-9-11(16)2/h3-6,11,13H,7-9,15H2,1-2H3. The molecule has 1 aromatic rings. The van der Waals surface area contributed by atoms with Gasteiger partial charge in [-0.15, -0.1) is 0 Å². The number of amides is 1. The molecular weight excluding hydrogens is 228 g/mol. The van der Waals surface area contributed by atoms with Gasteiger partial charge in [-0.25, -0.2) is 0 Å². The summed E-state index contributed by atoms with van der Waals surface area (Å²) in [6.45, 7) is 5.59. The van der Waals surface area contributed by atoms with Crippen molar-refractivity contribution < 1.29 is 9.53 Å². The van der Waals surface area contributed by atoms with Crippen LogP contribution in [-0.4, -0.2) is 42.6 Å². The summed E-state index contributed by atoms with van der Waals surface area (Å²) in [5, 5.41) is 0. The molecule has 1 aliphatic rings. The Morgan fingerprint density at radius 2 is 2.11 bits per heavy atom. The first kappa shape index (κ1) is 13.1. The minimum atomic E-state index is -0.0457. The van der Waals surface area contributed by atoms with Crippen molar-refractivity contribution in [1.29, 1.82) is 0 Å². The highest BCUT2D eigenvalue weighted by atomic mass is 16.5. The summed E-state index contributed by atoms with van der Waals surface area (Å²) in [6, 6.07) is 7.76. The Balaban J connectivity index is 2.13. The Morgan fingerprint density at radius 1 is 1.44 bits per heavy atom. The van der Waals surface area contributed by atoms with Crippen molar-refractivity contribution in [2.75, 3.05) is 19.7 Å². The van der Waals surface area contributed by atoms with Gasteiger partial charge in [0.2, 0.25) is 0 Å². The fraction of sp³-hybridized carbons (Fsp3) is 0.500. The maximum atomic E-state index is 12.4. The van der Waals surface area contributed by atoms with E-state index in [0.29, 0.717) is 19.7 Å². The van der Waals surface area contributed by atoms with Gasteiger partial charge in [-0.2, -0.15) is 0 Å². The van der Waals surface area contributed by atoms with E-state index >= 15 is 0 Å². The maximum absolute atomic E-state index is 12.4. The molecule has 0 saturated carbocycles. The molecular formula is C14H20N2O2. The molecule has 1 saturated heterocycles. The summed E-state index contributed by atoms with van der Waals surface area (Å²) in [6.07, 6.45) is -0.0457. The predicted octanol–water partition coefficient (Wildman–Crippen LogP) is 1.18. The molecule has 2 rings (SSSR count). The van der Waals surface area contributed by atoms with Crippen molar-refractivity contribution in [2.24, 2.45) is 5.73 Å². The first-order valence-corrected chi connectivity index (χ1v) is 6.31. The van der Waals surface area contributed by atoms with Gasteiger partial charge in [0, 0.05) is 18.7 Å². The van der Waals surface area contributed by atoms with E-state index in [0.717, 1.165) is 11.1 Å². The summed E-state index contributed by atoms with van der Waals surface area (Å²) in [7, 11) is 0. The van der Waals surface area contributed by atoms with Crippen LogP contribution in [0.25, 0.3) is 0 Å². The molecule has 2 unspecified atom stereocenters. The zero-order valence-corrected chi connectivity index (χ0v) is 10.9. The average molecular weight is 248 g/mol. The number of carbonyl (C=O) groups excluding carboxylic acids is 1. The number of hydrogen-bond donors (Lipinski definition) is 1. The molecule has 98 valence electrons. The molecule has 2 N–H and O–H groups in total. The predicted molar refractivity (Wildman–Crippen MR) is 70.5 cm³/mol. The minimum absolute atomic E-state index is 0.0457. The molecule has 1 heterocycles.